The maximum Gasteiger partial charge on any atom is 0.242 e. The summed E-state index contributed by atoms with van der Waals surface area (Å²) in [6.45, 7) is 2.38. The molecule has 0 radical (unpaired) electrons. The van der Waals surface area contributed by atoms with Crippen LogP contribution in [0.2, 0.25) is 5.02 Å². The van der Waals surface area contributed by atoms with Gasteiger partial charge in [-0.25, -0.2) is 0 Å². The van der Waals surface area contributed by atoms with E-state index < -0.39 is 0 Å². The molecule has 0 heterocycles. The van der Waals surface area contributed by atoms with E-state index in [1.54, 1.807) is 4.90 Å². The summed E-state index contributed by atoms with van der Waals surface area (Å²) in [5, 5.41) is 0.642. The summed E-state index contributed by atoms with van der Waals surface area (Å²) < 4.78 is 0. The predicted molar refractivity (Wildman–Crippen MR) is 84.5 cm³/mol. The molecule has 0 spiro atoms. The van der Waals surface area contributed by atoms with Crippen molar-refractivity contribution in [2.45, 2.75) is 13.5 Å². The van der Waals surface area contributed by atoms with Crippen LogP contribution in [0, 0.1) is 6.92 Å². The first kappa shape index (κ1) is 14.9. The summed E-state index contributed by atoms with van der Waals surface area (Å²) in [5.74, 6) is -0.195. The van der Waals surface area contributed by atoms with Crippen molar-refractivity contribution >= 4 is 34.8 Å². The Labute approximate surface area is 128 Å². The third-order valence-electron chi connectivity index (χ3n) is 3.13. The monoisotopic (exact) mass is 307 g/mol. The Morgan fingerprint density at radius 2 is 1.80 bits per heavy atom. The highest BCUT2D eigenvalue weighted by molar-refractivity contribution is 6.32. The third-order valence-corrected chi connectivity index (χ3v) is 3.77. The Morgan fingerprint density at radius 3 is 2.45 bits per heavy atom. The van der Waals surface area contributed by atoms with Gasteiger partial charge in [0, 0.05) is 10.7 Å². The first-order chi connectivity index (χ1) is 9.63. The Balaban J connectivity index is 2.38. The smallest absolute Gasteiger partial charge is 0.242 e. The predicted octanol–water partition coefficient (Wildman–Crippen LogP) is 4.42. The van der Waals surface area contributed by atoms with E-state index in [1.165, 1.54) is 0 Å². The number of rotatable bonds is 4. The number of hydrogen-bond acceptors (Lipinski definition) is 1. The van der Waals surface area contributed by atoms with Crippen LogP contribution in [-0.2, 0) is 11.3 Å². The molecule has 0 atom stereocenters. The molecule has 0 aliphatic carbocycles. The number of hydrogen-bond donors (Lipinski definition) is 0. The quantitative estimate of drug-likeness (QED) is 0.766. The van der Waals surface area contributed by atoms with Crippen LogP contribution in [0.3, 0.4) is 0 Å². The van der Waals surface area contributed by atoms with Crippen LogP contribution >= 0.6 is 23.2 Å². The highest BCUT2D eigenvalue weighted by atomic mass is 35.5. The number of carbonyl (C=O) groups excluding carboxylic acids is 1. The van der Waals surface area contributed by atoms with Crippen LogP contribution < -0.4 is 4.90 Å². The maximum atomic E-state index is 12.1. The Morgan fingerprint density at radius 1 is 1.10 bits per heavy atom. The largest absolute Gasteiger partial charge is 0.307 e. The van der Waals surface area contributed by atoms with E-state index in [-0.39, 0.29) is 11.8 Å². The lowest BCUT2D eigenvalue weighted by Gasteiger charge is -2.24. The van der Waals surface area contributed by atoms with Crippen molar-refractivity contribution in [3.8, 4) is 0 Å². The van der Waals surface area contributed by atoms with Gasteiger partial charge in [0.2, 0.25) is 5.91 Å². The van der Waals surface area contributed by atoms with Crippen molar-refractivity contribution in [2.24, 2.45) is 0 Å². The molecule has 0 aliphatic rings. The van der Waals surface area contributed by atoms with Gasteiger partial charge in [0.1, 0.15) is 5.88 Å². The first-order valence-electron chi connectivity index (χ1n) is 6.29. The third kappa shape index (κ3) is 3.33. The Kier molecular flexibility index (Phi) is 5.05. The number of alkyl halides is 1. The molecule has 1 amide bonds. The van der Waals surface area contributed by atoms with Crippen molar-refractivity contribution < 1.29 is 4.79 Å². The number of carbonyl (C=O) groups is 1. The molecule has 20 heavy (non-hydrogen) atoms. The molecule has 0 saturated heterocycles. The van der Waals surface area contributed by atoms with Crippen LogP contribution in [0.15, 0.2) is 48.5 Å². The van der Waals surface area contributed by atoms with Crippen LogP contribution in [0.25, 0.3) is 0 Å². The number of nitrogens with zero attached hydrogens (tertiary/aromatic N) is 1. The van der Waals surface area contributed by atoms with Crippen molar-refractivity contribution in [1.82, 2.24) is 0 Å². The van der Waals surface area contributed by atoms with Gasteiger partial charge in [-0.3, -0.25) is 4.79 Å². The van der Waals surface area contributed by atoms with Gasteiger partial charge >= 0.3 is 0 Å². The van der Waals surface area contributed by atoms with Crippen molar-refractivity contribution in [1.29, 1.82) is 0 Å². The zero-order valence-corrected chi connectivity index (χ0v) is 12.7. The van der Waals surface area contributed by atoms with E-state index in [1.807, 2.05) is 55.5 Å². The van der Waals surface area contributed by atoms with Gasteiger partial charge in [0.15, 0.2) is 0 Å². The van der Waals surface area contributed by atoms with E-state index in [2.05, 4.69) is 0 Å². The Bertz CT molecular complexity index is 599. The first-order valence-corrected chi connectivity index (χ1v) is 7.20. The van der Waals surface area contributed by atoms with Crippen molar-refractivity contribution in [3.63, 3.8) is 0 Å². The van der Waals surface area contributed by atoms with Gasteiger partial charge < -0.3 is 4.90 Å². The zero-order valence-electron chi connectivity index (χ0n) is 11.1. The number of benzene rings is 2. The molecule has 2 rings (SSSR count). The molecule has 0 unspecified atom stereocenters. The standard InChI is InChI=1S/C16H15Cl2NO/c1-12-14(18)8-5-9-15(12)19(16(20)10-17)11-13-6-3-2-4-7-13/h2-9H,10-11H2,1H3. The second-order valence-corrected chi connectivity index (χ2v) is 5.16. The van der Waals surface area contributed by atoms with E-state index >= 15 is 0 Å². The SMILES string of the molecule is Cc1c(Cl)cccc1N(Cc1ccccc1)C(=O)CCl. The Hall–Kier alpha value is -1.51. The van der Waals surface area contributed by atoms with Crippen LogP contribution in [-0.4, -0.2) is 11.8 Å². The summed E-state index contributed by atoms with van der Waals surface area (Å²) in [4.78, 5) is 13.8. The molecule has 0 aliphatic heterocycles. The zero-order chi connectivity index (χ0) is 14.5. The summed E-state index contributed by atoms with van der Waals surface area (Å²) in [6, 6.07) is 15.3. The molecular weight excluding hydrogens is 293 g/mol. The van der Waals surface area contributed by atoms with Gasteiger partial charge in [-0.2, -0.15) is 0 Å². The summed E-state index contributed by atoms with van der Waals surface area (Å²) in [5.41, 5.74) is 2.72. The average Bonchev–Trinajstić information content (AvgIpc) is 2.48. The molecule has 2 aromatic rings. The lowest BCUT2D eigenvalue weighted by Crippen LogP contribution is -2.32. The van der Waals surface area contributed by atoms with E-state index in [9.17, 15) is 4.79 Å². The number of amides is 1. The summed E-state index contributed by atoms with van der Waals surface area (Å²) in [6.07, 6.45) is 0. The van der Waals surface area contributed by atoms with Crippen LogP contribution in [0.1, 0.15) is 11.1 Å². The van der Waals surface area contributed by atoms with Gasteiger partial charge in [-0.15, -0.1) is 11.6 Å². The lowest BCUT2D eigenvalue weighted by atomic mass is 10.1. The second-order valence-electron chi connectivity index (χ2n) is 4.48. The van der Waals surface area contributed by atoms with E-state index in [0.717, 1.165) is 16.8 Å². The highest BCUT2D eigenvalue weighted by Gasteiger charge is 2.18. The minimum absolute atomic E-state index is 0.0568. The minimum Gasteiger partial charge on any atom is -0.307 e. The minimum atomic E-state index is -0.138. The molecule has 0 aromatic heterocycles. The molecule has 2 aromatic carbocycles. The average molecular weight is 308 g/mol. The molecule has 0 bridgehead atoms. The van der Waals surface area contributed by atoms with Gasteiger partial charge in [0.05, 0.1) is 6.54 Å². The lowest BCUT2D eigenvalue weighted by molar-refractivity contribution is -0.116. The number of halogens is 2. The normalized spacial score (nSPS) is 10.3. The molecular formula is C16H15Cl2NO. The molecule has 104 valence electrons. The fraction of sp³-hybridized carbons (Fsp3) is 0.188. The molecule has 2 nitrogen and oxygen atoms in total. The van der Waals surface area contributed by atoms with Crippen LogP contribution in [0.5, 0.6) is 0 Å². The molecule has 4 heteroatoms. The molecule has 0 fully saturated rings. The van der Waals surface area contributed by atoms with E-state index in [0.29, 0.717) is 11.6 Å². The van der Waals surface area contributed by atoms with E-state index in [4.69, 9.17) is 23.2 Å². The fourth-order valence-electron chi connectivity index (χ4n) is 2.03. The number of anilines is 1. The second kappa shape index (κ2) is 6.78. The van der Waals surface area contributed by atoms with Gasteiger partial charge in [-0.05, 0) is 30.2 Å². The summed E-state index contributed by atoms with van der Waals surface area (Å²) >= 11 is 11.9. The topological polar surface area (TPSA) is 20.3 Å². The van der Waals surface area contributed by atoms with Gasteiger partial charge in [-0.1, -0.05) is 48.0 Å². The highest BCUT2D eigenvalue weighted by Crippen LogP contribution is 2.28. The molecule has 0 N–H and O–H groups in total. The van der Waals surface area contributed by atoms with Crippen molar-refractivity contribution in [3.05, 3.63) is 64.7 Å². The van der Waals surface area contributed by atoms with Crippen LogP contribution in [0.4, 0.5) is 5.69 Å². The van der Waals surface area contributed by atoms with Crippen molar-refractivity contribution in [2.75, 3.05) is 10.8 Å². The van der Waals surface area contributed by atoms with Gasteiger partial charge in [0.25, 0.3) is 0 Å². The fourth-order valence-corrected chi connectivity index (χ4v) is 2.35. The molecule has 0 saturated carbocycles. The summed E-state index contributed by atoms with van der Waals surface area (Å²) in [7, 11) is 0. The maximum absolute atomic E-state index is 12.1.